The van der Waals surface area contributed by atoms with Crippen molar-refractivity contribution < 1.29 is 4.79 Å². The van der Waals surface area contributed by atoms with Gasteiger partial charge in [-0.25, -0.2) is 0 Å². The van der Waals surface area contributed by atoms with Gasteiger partial charge in [0.2, 0.25) is 5.91 Å². The SMILES string of the molecule is CC(C)c1ccc(C(C)CC(=O)N2CCC(C(C)N)CC2)cc1.Cl. The van der Waals surface area contributed by atoms with Gasteiger partial charge in [0, 0.05) is 25.6 Å². The zero-order valence-electron chi connectivity index (χ0n) is 15.5. The number of likely N-dealkylation sites (tertiary alicyclic amines) is 1. The van der Waals surface area contributed by atoms with Crippen LogP contribution in [-0.4, -0.2) is 29.9 Å². The summed E-state index contributed by atoms with van der Waals surface area (Å²) in [7, 11) is 0. The van der Waals surface area contributed by atoms with Crippen molar-refractivity contribution in [1.29, 1.82) is 0 Å². The first-order chi connectivity index (χ1) is 10.9. The number of nitrogens with two attached hydrogens (primary N) is 1. The molecule has 0 aromatic heterocycles. The van der Waals surface area contributed by atoms with Crippen molar-refractivity contribution in [1.82, 2.24) is 4.90 Å². The Morgan fingerprint density at radius 2 is 1.58 bits per heavy atom. The summed E-state index contributed by atoms with van der Waals surface area (Å²) in [4.78, 5) is 14.6. The van der Waals surface area contributed by atoms with Crippen LogP contribution in [0.15, 0.2) is 24.3 Å². The van der Waals surface area contributed by atoms with Crippen molar-refractivity contribution in [2.75, 3.05) is 13.1 Å². The summed E-state index contributed by atoms with van der Waals surface area (Å²) in [5.41, 5.74) is 8.59. The predicted octanol–water partition coefficient (Wildman–Crippen LogP) is 4.31. The van der Waals surface area contributed by atoms with E-state index in [1.165, 1.54) is 11.1 Å². The fraction of sp³-hybridized carbons (Fsp3) is 0.650. The van der Waals surface area contributed by atoms with Crippen LogP contribution in [0.4, 0.5) is 0 Å². The average molecular weight is 353 g/mol. The lowest BCUT2D eigenvalue weighted by atomic mass is 9.90. The van der Waals surface area contributed by atoms with Crippen LogP contribution < -0.4 is 5.73 Å². The molecule has 1 amide bonds. The van der Waals surface area contributed by atoms with E-state index in [0.29, 0.717) is 18.3 Å². The molecule has 1 aromatic rings. The Kier molecular flexibility index (Phi) is 8.24. The van der Waals surface area contributed by atoms with Crippen LogP contribution in [0.25, 0.3) is 0 Å². The van der Waals surface area contributed by atoms with Gasteiger partial charge >= 0.3 is 0 Å². The third-order valence-corrected chi connectivity index (χ3v) is 5.29. The molecule has 2 unspecified atom stereocenters. The second kappa shape index (κ2) is 9.43. The van der Waals surface area contributed by atoms with Crippen LogP contribution in [0.3, 0.4) is 0 Å². The highest BCUT2D eigenvalue weighted by Crippen LogP contribution is 2.25. The van der Waals surface area contributed by atoms with Crippen molar-refractivity contribution >= 4 is 18.3 Å². The molecule has 136 valence electrons. The molecule has 1 aliphatic heterocycles. The van der Waals surface area contributed by atoms with E-state index in [4.69, 9.17) is 5.73 Å². The molecular formula is C20H33ClN2O. The molecule has 1 aromatic carbocycles. The van der Waals surface area contributed by atoms with Gasteiger partial charge in [-0.15, -0.1) is 12.4 Å². The highest BCUT2D eigenvalue weighted by molar-refractivity contribution is 5.85. The first-order valence-corrected chi connectivity index (χ1v) is 9.01. The first kappa shape index (κ1) is 21.0. The summed E-state index contributed by atoms with van der Waals surface area (Å²) in [6.45, 7) is 10.4. The van der Waals surface area contributed by atoms with E-state index in [-0.39, 0.29) is 30.3 Å². The lowest BCUT2D eigenvalue weighted by molar-refractivity contribution is -0.133. The number of nitrogens with zero attached hydrogens (tertiary/aromatic N) is 1. The average Bonchev–Trinajstić information content (AvgIpc) is 2.54. The molecule has 0 radical (unpaired) electrons. The largest absolute Gasteiger partial charge is 0.343 e. The number of carbonyl (C=O) groups excluding carboxylic acids is 1. The summed E-state index contributed by atoms with van der Waals surface area (Å²) in [5.74, 6) is 1.68. The Balaban J connectivity index is 0.00000288. The Labute approximate surface area is 153 Å². The zero-order chi connectivity index (χ0) is 17.0. The van der Waals surface area contributed by atoms with Gasteiger partial charge in [-0.1, -0.05) is 45.0 Å². The number of benzene rings is 1. The maximum Gasteiger partial charge on any atom is 0.223 e. The molecule has 1 aliphatic rings. The second-order valence-electron chi connectivity index (χ2n) is 7.50. The Bertz CT molecular complexity index is 505. The fourth-order valence-corrected chi connectivity index (χ4v) is 3.39. The maximum atomic E-state index is 12.5. The van der Waals surface area contributed by atoms with Crippen LogP contribution in [0.1, 0.15) is 69.9 Å². The summed E-state index contributed by atoms with van der Waals surface area (Å²) >= 11 is 0. The Hall–Kier alpha value is -1.06. The highest BCUT2D eigenvalue weighted by atomic mass is 35.5. The molecule has 3 nitrogen and oxygen atoms in total. The molecule has 4 heteroatoms. The lowest BCUT2D eigenvalue weighted by Crippen LogP contribution is -2.42. The highest BCUT2D eigenvalue weighted by Gasteiger charge is 2.25. The van der Waals surface area contributed by atoms with Gasteiger partial charge in [0.15, 0.2) is 0 Å². The fourth-order valence-electron chi connectivity index (χ4n) is 3.39. The lowest BCUT2D eigenvalue weighted by Gasteiger charge is -2.34. The monoisotopic (exact) mass is 352 g/mol. The quantitative estimate of drug-likeness (QED) is 0.858. The summed E-state index contributed by atoms with van der Waals surface area (Å²) in [6.07, 6.45) is 2.69. The van der Waals surface area contributed by atoms with Crippen molar-refractivity contribution in [2.24, 2.45) is 11.7 Å². The molecule has 0 saturated carbocycles. The van der Waals surface area contributed by atoms with Gasteiger partial charge in [0.25, 0.3) is 0 Å². The predicted molar refractivity (Wildman–Crippen MR) is 104 cm³/mol. The van der Waals surface area contributed by atoms with E-state index in [9.17, 15) is 4.79 Å². The number of halogens is 1. The van der Waals surface area contributed by atoms with E-state index < -0.39 is 0 Å². The van der Waals surface area contributed by atoms with Crippen LogP contribution in [0, 0.1) is 5.92 Å². The van der Waals surface area contributed by atoms with Crippen LogP contribution >= 0.6 is 12.4 Å². The molecule has 1 fully saturated rings. The number of carbonyl (C=O) groups is 1. The molecular weight excluding hydrogens is 320 g/mol. The maximum absolute atomic E-state index is 12.5. The number of rotatable bonds is 5. The Morgan fingerprint density at radius 3 is 2.04 bits per heavy atom. The van der Waals surface area contributed by atoms with Gasteiger partial charge in [0.05, 0.1) is 0 Å². The number of piperidine rings is 1. The third kappa shape index (κ3) is 5.49. The standard InChI is InChI=1S/C20H32N2O.ClH/c1-14(2)17-5-7-18(8-6-17)15(3)13-20(23)22-11-9-19(10-12-22)16(4)21;/h5-8,14-16,19H,9-13,21H2,1-4H3;1H. The smallest absolute Gasteiger partial charge is 0.223 e. The van der Waals surface area contributed by atoms with Crippen LogP contribution in [0.5, 0.6) is 0 Å². The van der Waals surface area contributed by atoms with Crippen molar-refractivity contribution in [3.05, 3.63) is 35.4 Å². The minimum Gasteiger partial charge on any atom is -0.343 e. The normalized spacial score (nSPS) is 18.2. The van der Waals surface area contributed by atoms with Gasteiger partial charge in [-0.05, 0) is 48.6 Å². The van der Waals surface area contributed by atoms with E-state index in [1.54, 1.807) is 0 Å². The first-order valence-electron chi connectivity index (χ1n) is 9.01. The molecule has 2 N–H and O–H groups in total. The Morgan fingerprint density at radius 1 is 1.08 bits per heavy atom. The zero-order valence-corrected chi connectivity index (χ0v) is 16.3. The summed E-state index contributed by atoms with van der Waals surface area (Å²) in [5, 5.41) is 0. The van der Waals surface area contributed by atoms with Gasteiger partial charge in [-0.3, -0.25) is 4.79 Å². The molecule has 2 rings (SSSR count). The van der Waals surface area contributed by atoms with Crippen molar-refractivity contribution in [2.45, 2.75) is 64.8 Å². The van der Waals surface area contributed by atoms with Crippen LogP contribution in [0.2, 0.25) is 0 Å². The van der Waals surface area contributed by atoms with Crippen LogP contribution in [-0.2, 0) is 4.79 Å². The molecule has 24 heavy (non-hydrogen) atoms. The van der Waals surface area contributed by atoms with E-state index >= 15 is 0 Å². The molecule has 0 bridgehead atoms. The minimum absolute atomic E-state index is 0. The number of amides is 1. The van der Waals surface area contributed by atoms with E-state index in [0.717, 1.165) is 25.9 Å². The van der Waals surface area contributed by atoms with Crippen molar-refractivity contribution in [3.63, 3.8) is 0 Å². The summed E-state index contributed by atoms with van der Waals surface area (Å²) < 4.78 is 0. The number of hydrogen-bond donors (Lipinski definition) is 1. The molecule has 0 aliphatic carbocycles. The summed E-state index contributed by atoms with van der Waals surface area (Å²) in [6, 6.07) is 8.97. The van der Waals surface area contributed by atoms with Gasteiger partial charge in [-0.2, -0.15) is 0 Å². The molecule has 0 spiro atoms. The van der Waals surface area contributed by atoms with Crippen molar-refractivity contribution in [3.8, 4) is 0 Å². The minimum atomic E-state index is 0. The number of hydrogen-bond acceptors (Lipinski definition) is 2. The second-order valence-corrected chi connectivity index (χ2v) is 7.50. The van der Waals surface area contributed by atoms with Gasteiger partial charge in [0.1, 0.15) is 0 Å². The van der Waals surface area contributed by atoms with Gasteiger partial charge < -0.3 is 10.6 Å². The van der Waals surface area contributed by atoms with E-state index in [1.807, 2.05) is 4.90 Å². The third-order valence-electron chi connectivity index (χ3n) is 5.29. The van der Waals surface area contributed by atoms with E-state index in [2.05, 4.69) is 52.0 Å². The topological polar surface area (TPSA) is 46.3 Å². The molecule has 1 heterocycles. The molecule has 2 atom stereocenters. The molecule has 1 saturated heterocycles.